The van der Waals surface area contributed by atoms with E-state index in [9.17, 15) is 10.2 Å². The molecule has 0 fully saturated rings. The molecule has 1 heterocycles. The molecule has 100 valence electrons. The third kappa shape index (κ3) is 3.29. The van der Waals surface area contributed by atoms with Gasteiger partial charge in [0.1, 0.15) is 16.7 Å². The molecule has 0 aliphatic heterocycles. The number of hydrogen-bond acceptors (Lipinski definition) is 4. The van der Waals surface area contributed by atoms with Crippen molar-refractivity contribution < 1.29 is 10.2 Å². The second kappa shape index (κ2) is 5.36. The number of aromatic nitrogens is 1. The van der Waals surface area contributed by atoms with E-state index >= 15 is 0 Å². The summed E-state index contributed by atoms with van der Waals surface area (Å²) in [4.78, 5) is 4.06. The second-order valence-electron chi connectivity index (χ2n) is 4.48. The van der Waals surface area contributed by atoms with Crippen molar-refractivity contribution >= 4 is 17.3 Å². The molecule has 0 amide bonds. The number of hydrogen-bond donors (Lipinski definition) is 3. The molecule has 0 saturated heterocycles. The maximum atomic E-state index is 9.47. The number of anilines is 1. The van der Waals surface area contributed by atoms with Crippen LogP contribution in [0.2, 0.25) is 5.15 Å². The molecule has 1 aromatic heterocycles. The SMILES string of the molecule is Cc1cc(NC(C)c2cc(O)cc(O)c2)cnc1Cl. The molecule has 2 aromatic rings. The third-order valence-electron chi connectivity index (χ3n) is 2.82. The van der Waals surface area contributed by atoms with Crippen LogP contribution in [0, 0.1) is 6.92 Å². The number of phenols is 2. The molecule has 1 unspecified atom stereocenters. The van der Waals surface area contributed by atoms with E-state index in [0.29, 0.717) is 5.15 Å². The lowest BCUT2D eigenvalue weighted by atomic mass is 10.1. The number of nitrogens with zero attached hydrogens (tertiary/aromatic N) is 1. The summed E-state index contributed by atoms with van der Waals surface area (Å²) in [5.41, 5.74) is 2.50. The van der Waals surface area contributed by atoms with Crippen LogP contribution in [0.1, 0.15) is 24.1 Å². The van der Waals surface area contributed by atoms with Gasteiger partial charge in [0.15, 0.2) is 0 Å². The van der Waals surface area contributed by atoms with Gasteiger partial charge in [-0.3, -0.25) is 0 Å². The van der Waals surface area contributed by atoms with Gasteiger partial charge in [-0.25, -0.2) is 4.98 Å². The highest BCUT2D eigenvalue weighted by molar-refractivity contribution is 6.30. The molecule has 1 aromatic carbocycles. The van der Waals surface area contributed by atoms with Crippen LogP contribution < -0.4 is 5.32 Å². The minimum absolute atomic E-state index is 0.0362. The van der Waals surface area contributed by atoms with E-state index < -0.39 is 0 Å². The summed E-state index contributed by atoms with van der Waals surface area (Å²) in [6.45, 7) is 3.81. The molecule has 0 aliphatic rings. The van der Waals surface area contributed by atoms with Crippen molar-refractivity contribution in [1.29, 1.82) is 0 Å². The molecule has 0 radical (unpaired) electrons. The molecule has 3 N–H and O–H groups in total. The van der Waals surface area contributed by atoms with Gasteiger partial charge in [0.05, 0.1) is 11.9 Å². The van der Waals surface area contributed by atoms with Gasteiger partial charge in [0.2, 0.25) is 0 Å². The fraction of sp³-hybridized carbons (Fsp3) is 0.214. The van der Waals surface area contributed by atoms with E-state index in [4.69, 9.17) is 11.6 Å². The van der Waals surface area contributed by atoms with Crippen LogP contribution >= 0.6 is 11.6 Å². The van der Waals surface area contributed by atoms with Crippen LogP contribution in [-0.4, -0.2) is 15.2 Å². The summed E-state index contributed by atoms with van der Waals surface area (Å²) >= 11 is 5.87. The summed E-state index contributed by atoms with van der Waals surface area (Å²) in [7, 11) is 0. The molecular formula is C14H15ClN2O2. The molecule has 0 bridgehead atoms. The van der Waals surface area contributed by atoms with Gasteiger partial charge in [0.25, 0.3) is 0 Å². The van der Waals surface area contributed by atoms with Crippen LogP contribution in [0.5, 0.6) is 11.5 Å². The van der Waals surface area contributed by atoms with Crippen LogP contribution in [0.4, 0.5) is 5.69 Å². The summed E-state index contributed by atoms with van der Waals surface area (Å²) in [5, 5.41) is 22.7. The number of nitrogens with one attached hydrogen (secondary N) is 1. The first kappa shape index (κ1) is 13.5. The van der Waals surface area contributed by atoms with Crippen LogP contribution in [0.3, 0.4) is 0 Å². The van der Waals surface area contributed by atoms with E-state index in [2.05, 4.69) is 10.3 Å². The quantitative estimate of drug-likeness (QED) is 0.750. The zero-order chi connectivity index (χ0) is 14.0. The average Bonchev–Trinajstić information content (AvgIpc) is 2.32. The number of aryl methyl sites for hydroxylation is 1. The van der Waals surface area contributed by atoms with Crippen molar-refractivity contribution in [3.05, 3.63) is 46.7 Å². The van der Waals surface area contributed by atoms with Gasteiger partial charge in [-0.15, -0.1) is 0 Å². The number of aromatic hydroxyl groups is 2. The lowest BCUT2D eigenvalue weighted by molar-refractivity contribution is 0.448. The van der Waals surface area contributed by atoms with Crippen molar-refractivity contribution in [2.75, 3.05) is 5.32 Å². The highest BCUT2D eigenvalue weighted by atomic mass is 35.5. The number of pyridine rings is 1. The smallest absolute Gasteiger partial charge is 0.132 e. The fourth-order valence-electron chi connectivity index (χ4n) is 1.84. The Bertz CT molecular complexity index is 582. The Hall–Kier alpha value is -1.94. The molecule has 0 aliphatic carbocycles. The maximum absolute atomic E-state index is 9.47. The molecular weight excluding hydrogens is 264 g/mol. The first-order valence-electron chi connectivity index (χ1n) is 5.87. The molecule has 2 rings (SSSR count). The van der Waals surface area contributed by atoms with E-state index in [1.54, 1.807) is 18.3 Å². The highest BCUT2D eigenvalue weighted by Gasteiger charge is 2.09. The normalized spacial score (nSPS) is 12.2. The Morgan fingerprint density at radius 1 is 1.16 bits per heavy atom. The largest absolute Gasteiger partial charge is 0.508 e. The molecule has 1 atom stereocenters. The number of phenolic OH excluding ortho intramolecular Hbond substituents is 2. The number of rotatable bonds is 3. The van der Waals surface area contributed by atoms with Crippen molar-refractivity contribution in [3.63, 3.8) is 0 Å². The first-order chi connectivity index (χ1) is 8.95. The van der Waals surface area contributed by atoms with Gasteiger partial charge in [0, 0.05) is 12.1 Å². The standard InChI is InChI=1S/C14H15ClN2O2/c1-8-3-11(7-16-14(8)15)17-9(2)10-4-12(18)6-13(19)5-10/h3-7,9,17-19H,1-2H3. The van der Waals surface area contributed by atoms with Gasteiger partial charge < -0.3 is 15.5 Å². The summed E-state index contributed by atoms with van der Waals surface area (Å²) in [6.07, 6.45) is 1.65. The Morgan fingerprint density at radius 2 is 1.79 bits per heavy atom. The zero-order valence-corrected chi connectivity index (χ0v) is 11.4. The number of benzene rings is 1. The Balaban J connectivity index is 2.20. The fourth-order valence-corrected chi connectivity index (χ4v) is 1.94. The lowest BCUT2D eigenvalue weighted by Gasteiger charge is -2.16. The lowest BCUT2D eigenvalue weighted by Crippen LogP contribution is -2.07. The van der Waals surface area contributed by atoms with Crippen molar-refractivity contribution in [2.24, 2.45) is 0 Å². The highest BCUT2D eigenvalue weighted by Crippen LogP contribution is 2.27. The van der Waals surface area contributed by atoms with Crippen molar-refractivity contribution in [3.8, 4) is 11.5 Å². The van der Waals surface area contributed by atoms with Crippen LogP contribution in [-0.2, 0) is 0 Å². The average molecular weight is 279 g/mol. The van der Waals surface area contributed by atoms with Gasteiger partial charge in [-0.05, 0) is 43.2 Å². The Labute approximate surface area is 116 Å². The zero-order valence-electron chi connectivity index (χ0n) is 10.7. The van der Waals surface area contributed by atoms with E-state index in [-0.39, 0.29) is 17.5 Å². The van der Waals surface area contributed by atoms with Crippen LogP contribution in [0.25, 0.3) is 0 Å². The van der Waals surface area contributed by atoms with Crippen molar-refractivity contribution in [1.82, 2.24) is 4.98 Å². The van der Waals surface area contributed by atoms with Gasteiger partial charge in [-0.1, -0.05) is 11.6 Å². The minimum atomic E-state index is -0.0830. The van der Waals surface area contributed by atoms with E-state index in [1.165, 1.54) is 6.07 Å². The Kier molecular flexibility index (Phi) is 3.81. The monoisotopic (exact) mass is 278 g/mol. The first-order valence-corrected chi connectivity index (χ1v) is 6.25. The predicted octanol–water partition coefficient (Wildman–Crippen LogP) is 3.63. The number of halogens is 1. The molecule has 0 saturated carbocycles. The third-order valence-corrected chi connectivity index (χ3v) is 3.22. The minimum Gasteiger partial charge on any atom is -0.508 e. The van der Waals surface area contributed by atoms with Crippen molar-refractivity contribution in [2.45, 2.75) is 19.9 Å². The Morgan fingerprint density at radius 3 is 2.37 bits per heavy atom. The predicted molar refractivity (Wildman–Crippen MR) is 75.8 cm³/mol. The van der Waals surface area contributed by atoms with E-state index in [0.717, 1.165) is 16.8 Å². The summed E-state index contributed by atoms with van der Waals surface area (Å²) < 4.78 is 0. The maximum Gasteiger partial charge on any atom is 0.132 e. The second-order valence-corrected chi connectivity index (χ2v) is 4.84. The summed E-state index contributed by atoms with van der Waals surface area (Å²) in [6, 6.07) is 6.32. The van der Waals surface area contributed by atoms with Crippen LogP contribution in [0.15, 0.2) is 30.5 Å². The van der Waals surface area contributed by atoms with Gasteiger partial charge in [-0.2, -0.15) is 0 Å². The molecule has 19 heavy (non-hydrogen) atoms. The van der Waals surface area contributed by atoms with Gasteiger partial charge >= 0.3 is 0 Å². The summed E-state index contributed by atoms with van der Waals surface area (Å²) in [5.74, 6) is 0.0723. The molecule has 5 heteroatoms. The molecule has 4 nitrogen and oxygen atoms in total. The molecule has 0 spiro atoms. The topological polar surface area (TPSA) is 65.4 Å². The van der Waals surface area contributed by atoms with E-state index in [1.807, 2.05) is 19.9 Å².